The third-order valence-electron chi connectivity index (χ3n) is 4.86. The summed E-state index contributed by atoms with van der Waals surface area (Å²) in [5.41, 5.74) is 2.11. The van der Waals surface area contributed by atoms with Crippen molar-refractivity contribution in [3.05, 3.63) is 47.2 Å². The van der Waals surface area contributed by atoms with Crippen LogP contribution in [0.1, 0.15) is 10.4 Å². The van der Waals surface area contributed by atoms with E-state index in [1.54, 1.807) is 24.3 Å². The molecule has 0 aliphatic carbocycles. The van der Waals surface area contributed by atoms with Gasteiger partial charge in [-0.05, 0) is 18.2 Å². The summed E-state index contributed by atoms with van der Waals surface area (Å²) in [6, 6.07) is 7.42. The number of benzene rings is 1. The number of para-hydroxylation sites is 1. The predicted molar refractivity (Wildman–Crippen MR) is 109 cm³/mol. The van der Waals surface area contributed by atoms with Crippen LogP contribution in [0.3, 0.4) is 0 Å². The van der Waals surface area contributed by atoms with Gasteiger partial charge >= 0.3 is 0 Å². The van der Waals surface area contributed by atoms with Gasteiger partial charge in [0.1, 0.15) is 5.82 Å². The van der Waals surface area contributed by atoms with E-state index in [2.05, 4.69) is 10.3 Å². The lowest BCUT2D eigenvalue weighted by Crippen LogP contribution is -2.40. The number of hydrogen-bond acceptors (Lipinski definition) is 5. The second-order valence-corrected chi connectivity index (χ2v) is 6.97. The molecule has 1 N–H and O–H groups in total. The summed E-state index contributed by atoms with van der Waals surface area (Å²) >= 11 is 6.22. The van der Waals surface area contributed by atoms with Gasteiger partial charge in [0.05, 0.1) is 42.1 Å². The molecule has 7 nitrogen and oxygen atoms in total. The van der Waals surface area contributed by atoms with E-state index in [9.17, 15) is 4.79 Å². The van der Waals surface area contributed by atoms with Crippen LogP contribution < -0.4 is 10.1 Å². The van der Waals surface area contributed by atoms with Crippen molar-refractivity contribution in [3.8, 4) is 5.75 Å². The van der Waals surface area contributed by atoms with E-state index >= 15 is 0 Å². The SMILES string of the molecule is COc1c(Cl)cccc1Nc1ncc(C(=O)N2CCOCC2)c2c1ccn2C. The molecule has 4 rings (SSSR count). The van der Waals surface area contributed by atoms with Crippen LogP contribution in [-0.4, -0.2) is 53.8 Å². The third kappa shape index (κ3) is 3.27. The fourth-order valence-electron chi connectivity index (χ4n) is 3.45. The van der Waals surface area contributed by atoms with Gasteiger partial charge in [-0.2, -0.15) is 0 Å². The number of amides is 1. The number of nitrogens with zero attached hydrogens (tertiary/aromatic N) is 3. The largest absolute Gasteiger partial charge is 0.493 e. The number of rotatable bonds is 4. The molecule has 2 aromatic heterocycles. The van der Waals surface area contributed by atoms with Crippen molar-refractivity contribution >= 4 is 39.9 Å². The maximum Gasteiger partial charge on any atom is 0.257 e. The zero-order valence-electron chi connectivity index (χ0n) is 15.7. The first-order chi connectivity index (χ1) is 13.6. The van der Waals surface area contributed by atoms with Crippen molar-refractivity contribution in [3.63, 3.8) is 0 Å². The molecule has 1 saturated heterocycles. The van der Waals surface area contributed by atoms with Gasteiger partial charge in [-0.15, -0.1) is 0 Å². The Balaban J connectivity index is 1.75. The van der Waals surface area contributed by atoms with Crippen LogP contribution in [-0.2, 0) is 11.8 Å². The van der Waals surface area contributed by atoms with Crippen LogP contribution in [0.25, 0.3) is 10.9 Å². The van der Waals surface area contributed by atoms with Crippen molar-refractivity contribution in [2.75, 3.05) is 38.7 Å². The number of pyridine rings is 1. The lowest BCUT2D eigenvalue weighted by atomic mass is 10.1. The van der Waals surface area contributed by atoms with Gasteiger partial charge in [0.25, 0.3) is 5.91 Å². The van der Waals surface area contributed by atoms with Gasteiger partial charge in [-0.1, -0.05) is 17.7 Å². The summed E-state index contributed by atoms with van der Waals surface area (Å²) in [6.07, 6.45) is 3.54. The summed E-state index contributed by atoms with van der Waals surface area (Å²) in [5.74, 6) is 1.15. The Bertz CT molecular complexity index is 1030. The van der Waals surface area contributed by atoms with E-state index in [0.29, 0.717) is 54.1 Å². The number of carbonyl (C=O) groups excluding carboxylic acids is 1. The van der Waals surface area contributed by atoms with E-state index in [0.717, 1.165) is 10.9 Å². The number of ether oxygens (including phenoxy) is 2. The Hall–Kier alpha value is -2.77. The molecular formula is C20H21ClN4O3. The monoisotopic (exact) mass is 400 g/mol. The zero-order valence-corrected chi connectivity index (χ0v) is 16.5. The molecule has 0 saturated carbocycles. The van der Waals surface area contributed by atoms with Crippen molar-refractivity contribution < 1.29 is 14.3 Å². The highest BCUT2D eigenvalue weighted by Crippen LogP contribution is 2.36. The third-order valence-corrected chi connectivity index (χ3v) is 5.16. The average molecular weight is 401 g/mol. The first-order valence-corrected chi connectivity index (χ1v) is 9.38. The highest BCUT2D eigenvalue weighted by atomic mass is 35.5. The molecule has 0 bridgehead atoms. The molecule has 0 unspecified atom stereocenters. The highest BCUT2D eigenvalue weighted by molar-refractivity contribution is 6.32. The number of aromatic nitrogens is 2. The van der Waals surface area contributed by atoms with E-state index in [-0.39, 0.29) is 5.91 Å². The summed E-state index contributed by atoms with van der Waals surface area (Å²) in [5, 5.41) is 4.65. The second-order valence-electron chi connectivity index (χ2n) is 6.56. The number of halogens is 1. The van der Waals surface area contributed by atoms with Gasteiger partial charge in [0, 0.05) is 37.9 Å². The summed E-state index contributed by atoms with van der Waals surface area (Å²) in [7, 11) is 3.49. The van der Waals surface area contributed by atoms with E-state index < -0.39 is 0 Å². The number of aryl methyl sites for hydroxylation is 1. The Morgan fingerprint density at radius 1 is 1.29 bits per heavy atom. The Kier molecular flexibility index (Phi) is 5.11. The quantitative estimate of drug-likeness (QED) is 0.726. The first-order valence-electron chi connectivity index (χ1n) is 9.00. The smallest absolute Gasteiger partial charge is 0.257 e. The molecule has 146 valence electrons. The maximum atomic E-state index is 13.0. The standard InChI is InChI=1S/C20H21ClN4O3/c1-24-7-6-13-17(24)14(20(26)25-8-10-28-11-9-25)12-22-19(13)23-16-5-3-4-15(21)18(16)27-2/h3-7,12H,8-11H2,1-2H3,(H,22,23). The number of nitrogens with one attached hydrogen (secondary N) is 1. The molecule has 1 aliphatic rings. The number of carbonyl (C=O) groups is 1. The lowest BCUT2D eigenvalue weighted by molar-refractivity contribution is 0.0303. The van der Waals surface area contributed by atoms with Crippen LogP contribution in [0.2, 0.25) is 5.02 Å². The van der Waals surface area contributed by atoms with Crippen LogP contribution in [0, 0.1) is 0 Å². The summed E-state index contributed by atoms with van der Waals surface area (Å²) < 4.78 is 12.7. The molecule has 1 amide bonds. The predicted octanol–water partition coefficient (Wildman–Crippen LogP) is 3.45. The summed E-state index contributed by atoms with van der Waals surface area (Å²) in [6.45, 7) is 2.29. The lowest BCUT2D eigenvalue weighted by Gasteiger charge is -2.27. The van der Waals surface area contributed by atoms with E-state index in [4.69, 9.17) is 21.1 Å². The summed E-state index contributed by atoms with van der Waals surface area (Å²) in [4.78, 5) is 19.4. The van der Waals surface area contributed by atoms with Gasteiger partial charge in [0.15, 0.2) is 5.75 Å². The Morgan fingerprint density at radius 3 is 2.82 bits per heavy atom. The maximum absolute atomic E-state index is 13.0. The molecule has 3 aromatic rings. The highest BCUT2D eigenvalue weighted by Gasteiger charge is 2.23. The number of anilines is 2. The normalized spacial score (nSPS) is 14.3. The molecule has 1 aliphatic heterocycles. The molecule has 0 spiro atoms. The van der Waals surface area contributed by atoms with E-state index in [1.165, 1.54) is 0 Å². The van der Waals surface area contributed by atoms with Crippen molar-refractivity contribution in [2.24, 2.45) is 7.05 Å². The van der Waals surface area contributed by atoms with E-state index in [1.807, 2.05) is 36.0 Å². The Labute approximate surface area is 167 Å². The number of methoxy groups -OCH3 is 1. The number of fused-ring (bicyclic) bond motifs is 1. The van der Waals surface area contributed by atoms with Crippen LogP contribution in [0.5, 0.6) is 5.75 Å². The number of hydrogen-bond donors (Lipinski definition) is 1. The minimum atomic E-state index is -0.0329. The fourth-order valence-corrected chi connectivity index (χ4v) is 3.70. The second kappa shape index (κ2) is 7.69. The molecule has 3 heterocycles. The topological polar surface area (TPSA) is 68.6 Å². The fraction of sp³-hybridized carbons (Fsp3) is 0.300. The molecule has 1 aromatic carbocycles. The molecule has 0 atom stereocenters. The van der Waals surface area contributed by atoms with Gasteiger partial charge < -0.3 is 24.3 Å². The van der Waals surface area contributed by atoms with Crippen LogP contribution in [0.4, 0.5) is 11.5 Å². The van der Waals surface area contributed by atoms with Crippen molar-refractivity contribution in [1.82, 2.24) is 14.5 Å². The Morgan fingerprint density at radius 2 is 2.07 bits per heavy atom. The van der Waals surface area contributed by atoms with Gasteiger partial charge in [0.2, 0.25) is 0 Å². The van der Waals surface area contributed by atoms with Crippen LogP contribution >= 0.6 is 11.6 Å². The molecular weight excluding hydrogens is 380 g/mol. The number of morpholine rings is 1. The van der Waals surface area contributed by atoms with Crippen molar-refractivity contribution in [2.45, 2.75) is 0 Å². The molecule has 0 radical (unpaired) electrons. The van der Waals surface area contributed by atoms with Gasteiger partial charge in [-0.3, -0.25) is 4.79 Å². The van der Waals surface area contributed by atoms with Gasteiger partial charge in [-0.25, -0.2) is 4.98 Å². The first kappa shape index (κ1) is 18.6. The molecule has 28 heavy (non-hydrogen) atoms. The average Bonchev–Trinajstić information content (AvgIpc) is 3.11. The van der Waals surface area contributed by atoms with Crippen molar-refractivity contribution in [1.29, 1.82) is 0 Å². The minimum Gasteiger partial charge on any atom is -0.493 e. The minimum absolute atomic E-state index is 0.0329. The molecule has 8 heteroatoms. The molecule has 1 fully saturated rings. The van der Waals surface area contributed by atoms with Crippen LogP contribution in [0.15, 0.2) is 36.7 Å². The zero-order chi connectivity index (χ0) is 19.7.